The van der Waals surface area contributed by atoms with Gasteiger partial charge in [0.15, 0.2) is 17.5 Å². The van der Waals surface area contributed by atoms with Gasteiger partial charge in [0.25, 0.3) is 0 Å². The number of halogens is 1. The Balaban J connectivity index is 1.51. The molecular weight excluding hydrogens is 517 g/mol. The molecule has 1 unspecified atom stereocenters. The summed E-state index contributed by atoms with van der Waals surface area (Å²) in [7, 11) is 1.54. The number of hydrogen-bond acceptors (Lipinski definition) is 9. The smallest absolute Gasteiger partial charge is 0.246 e. The average molecular weight is 548 g/mol. The molecule has 0 saturated heterocycles. The van der Waals surface area contributed by atoms with Crippen LogP contribution in [-0.4, -0.2) is 75.6 Å². The van der Waals surface area contributed by atoms with Crippen LogP contribution in [0.4, 0.5) is 15.9 Å². The molecule has 0 aliphatic carbocycles. The Morgan fingerprint density at radius 3 is 2.85 bits per heavy atom. The molecule has 0 fully saturated rings. The summed E-state index contributed by atoms with van der Waals surface area (Å²) in [6.07, 6.45) is 10.6. The van der Waals surface area contributed by atoms with Gasteiger partial charge in [0, 0.05) is 30.7 Å². The van der Waals surface area contributed by atoms with Gasteiger partial charge in [0.05, 0.1) is 44.3 Å². The Labute approximate surface area is 230 Å². The summed E-state index contributed by atoms with van der Waals surface area (Å²) in [6.45, 7) is 2.09. The Morgan fingerprint density at radius 2 is 2.12 bits per heavy atom. The molecule has 0 spiro atoms. The van der Waals surface area contributed by atoms with Gasteiger partial charge in [-0.2, -0.15) is 5.10 Å². The number of nitrogens with one attached hydrogen (secondary N) is 1. The highest BCUT2D eigenvalue weighted by Crippen LogP contribution is 2.35. The molecule has 0 bridgehead atoms. The largest absolute Gasteiger partial charge is 0.493 e. The first-order valence-electron chi connectivity index (χ1n) is 12.5. The highest BCUT2D eigenvalue weighted by Gasteiger charge is 2.22. The lowest BCUT2D eigenvalue weighted by Gasteiger charge is -2.18. The van der Waals surface area contributed by atoms with Gasteiger partial charge in [-0.15, -0.1) is 6.42 Å². The third-order valence-corrected chi connectivity index (χ3v) is 6.09. The van der Waals surface area contributed by atoms with Crippen LogP contribution < -0.4 is 20.5 Å². The zero-order valence-corrected chi connectivity index (χ0v) is 22.0. The molecule has 2 aromatic carbocycles. The molecule has 12 heteroatoms. The van der Waals surface area contributed by atoms with Crippen LogP contribution >= 0.6 is 0 Å². The predicted octanol–water partition coefficient (Wildman–Crippen LogP) is 2.49. The number of methoxy groups -OCH3 is 1. The number of carbonyl (C=O) groups is 1. The topological polar surface area (TPSA) is 141 Å². The van der Waals surface area contributed by atoms with E-state index in [2.05, 4.69) is 26.3 Å². The fourth-order valence-electron chi connectivity index (χ4n) is 4.25. The van der Waals surface area contributed by atoms with E-state index in [-0.39, 0.29) is 6.61 Å². The van der Waals surface area contributed by atoms with Crippen LogP contribution in [0.3, 0.4) is 0 Å². The van der Waals surface area contributed by atoms with Gasteiger partial charge in [-0.25, -0.2) is 14.4 Å². The number of nitrogens with two attached hydrogens (primary N) is 1. The van der Waals surface area contributed by atoms with Crippen molar-refractivity contribution < 1.29 is 23.8 Å². The lowest BCUT2D eigenvalue weighted by Crippen LogP contribution is -2.29. The first-order valence-corrected chi connectivity index (χ1v) is 12.5. The van der Waals surface area contributed by atoms with Crippen LogP contribution in [0.5, 0.6) is 11.5 Å². The zero-order chi connectivity index (χ0) is 28.5. The van der Waals surface area contributed by atoms with Crippen LogP contribution in [0.2, 0.25) is 0 Å². The van der Waals surface area contributed by atoms with E-state index in [1.54, 1.807) is 31.5 Å². The highest BCUT2D eigenvalue weighted by molar-refractivity contribution is 5.93. The third kappa shape index (κ3) is 6.82. The predicted molar refractivity (Wildman–Crippen MR) is 148 cm³/mol. The number of nitrogens with zero attached hydrogens (tertiary/aromatic N) is 5. The van der Waals surface area contributed by atoms with Gasteiger partial charge < -0.3 is 25.6 Å². The van der Waals surface area contributed by atoms with E-state index in [9.17, 15) is 14.3 Å². The number of fused-ring (bicyclic) bond motifs is 1. The van der Waals surface area contributed by atoms with Gasteiger partial charge in [-0.3, -0.25) is 14.4 Å². The average Bonchev–Trinajstić information content (AvgIpc) is 3.38. The summed E-state index contributed by atoms with van der Waals surface area (Å²) >= 11 is 0. The lowest BCUT2D eigenvalue weighted by atomic mass is 10.1. The van der Waals surface area contributed by atoms with Gasteiger partial charge in [-0.1, -0.05) is 18.1 Å². The van der Waals surface area contributed by atoms with Crippen molar-refractivity contribution in [3.05, 3.63) is 66.5 Å². The van der Waals surface area contributed by atoms with Crippen LogP contribution in [0.15, 0.2) is 55.1 Å². The molecule has 4 N–H and O–H groups in total. The zero-order valence-electron chi connectivity index (χ0n) is 22.0. The molecule has 2 aromatic heterocycles. The van der Waals surface area contributed by atoms with Crippen molar-refractivity contribution in [3.8, 4) is 23.8 Å². The molecule has 0 aliphatic rings. The van der Waals surface area contributed by atoms with Gasteiger partial charge in [0.1, 0.15) is 18.0 Å². The number of amides is 1. The van der Waals surface area contributed by atoms with E-state index < -0.39 is 17.8 Å². The normalized spacial score (nSPS) is 11.8. The fraction of sp³-hybridized carbons (Fsp3) is 0.286. The van der Waals surface area contributed by atoms with Crippen molar-refractivity contribution in [2.24, 2.45) is 5.73 Å². The van der Waals surface area contributed by atoms with Crippen LogP contribution in [0.1, 0.15) is 18.0 Å². The van der Waals surface area contributed by atoms with Gasteiger partial charge in [0.2, 0.25) is 5.91 Å². The number of terminal acetylenes is 1. The number of hydrogen-bond donors (Lipinski definition) is 3. The minimum absolute atomic E-state index is 0.0383. The number of benzene rings is 2. The van der Waals surface area contributed by atoms with E-state index in [1.165, 1.54) is 35.4 Å². The van der Waals surface area contributed by atoms with Crippen LogP contribution in [0.25, 0.3) is 10.9 Å². The molecule has 0 saturated carbocycles. The Bertz CT molecular complexity index is 1500. The standard InChI is InChI=1S/C28H30FN7O4/c1-3-8-35(10-11-37)9-5-12-40-25-15-23-22(14-24(25)39-2)28(32-18-31-23)34-21-16-33-36(17-21)26(27(30)38)19-6-4-7-20(29)13-19/h1,4,6-7,13-18,26,37H,5,8-12H2,2H3,(H2,30,38)(H,31,32,34). The molecule has 1 amide bonds. The number of ether oxygens (including phenoxy) is 2. The quantitative estimate of drug-likeness (QED) is 0.160. The molecular formula is C28H30FN7O4. The van der Waals surface area contributed by atoms with Crippen molar-refractivity contribution in [3.63, 3.8) is 0 Å². The number of primary amides is 1. The maximum atomic E-state index is 13.8. The summed E-state index contributed by atoms with van der Waals surface area (Å²) in [5.74, 6) is 2.93. The summed E-state index contributed by atoms with van der Waals surface area (Å²) in [6, 6.07) is 8.20. The van der Waals surface area contributed by atoms with Crippen LogP contribution in [-0.2, 0) is 4.79 Å². The number of aliphatic hydroxyl groups excluding tert-OH is 1. The number of carbonyl (C=O) groups excluding carboxylic acids is 1. The van der Waals surface area contributed by atoms with E-state index in [0.29, 0.717) is 72.1 Å². The monoisotopic (exact) mass is 547 g/mol. The number of anilines is 2. The minimum atomic E-state index is -0.990. The second kappa shape index (κ2) is 13.4. The first-order chi connectivity index (χ1) is 19.4. The summed E-state index contributed by atoms with van der Waals surface area (Å²) in [4.78, 5) is 22.9. The molecule has 0 radical (unpaired) electrons. The SMILES string of the molecule is C#CCN(CCO)CCCOc1cc2ncnc(Nc3cnn(C(C(N)=O)c4cccc(F)c4)c3)c2cc1OC. The van der Waals surface area contributed by atoms with Gasteiger partial charge in [-0.05, 0) is 30.2 Å². The molecule has 40 heavy (non-hydrogen) atoms. The number of rotatable bonds is 14. The summed E-state index contributed by atoms with van der Waals surface area (Å²) < 4.78 is 26.7. The van der Waals surface area contributed by atoms with Crippen molar-refractivity contribution in [2.75, 3.05) is 45.3 Å². The number of aliphatic hydroxyl groups is 1. The highest BCUT2D eigenvalue weighted by atomic mass is 19.1. The summed E-state index contributed by atoms with van der Waals surface area (Å²) in [5, 5.41) is 17.3. The van der Waals surface area contributed by atoms with Crippen molar-refractivity contribution in [1.29, 1.82) is 0 Å². The minimum Gasteiger partial charge on any atom is -0.493 e. The fourth-order valence-corrected chi connectivity index (χ4v) is 4.25. The summed E-state index contributed by atoms with van der Waals surface area (Å²) in [5.41, 5.74) is 7.13. The molecule has 2 heterocycles. The number of aromatic nitrogens is 4. The van der Waals surface area contributed by atoms with Gasteiger partial charge >= 0.3 is 0 Å². The second-order valence-electron chi connectivity index (χ2n) is 8.84. The first kappa shape index (κ1) is 28.3. The molecule has 11 nitrogen and oxygen atoms in total. The third-order valence-electron chi connectivity index (χ3n) is 6.09. The van der Waals surface area contributed by atoms with E-state index in [1.807, 2.05) is 4.90 Å². The second-order valence-corrected chi connectivity index (χ2v) is 8.84. The van der Waals surface area contributed by atoms with E-state index in [4.69, 9.17) is 21.6 Å². The van der Waals surface area contributed by atoms with Crippen molar-refractivity contribution in [1.82, 2.24) is 24.6 Å². The Morgan fingerprint density at radius 1 is 1.27 bits per heavy atom. The molecule has 4 aromatic rings. The molecule has 208 valence electrons. The Kier molecular flexibility index (Phi) is 9.45. The Hall–Kier alpha value is -4.73. The van der Waals surface area contributed by atoms with E-state index in [0.717, 1.165) is 0 Å². The lowest BCUT2D eigenvalue weighted by molar-refractivity contribution is -0.120. The maximum absolute atomic E-state index is 13.8. The molecule has 0 aliphatic heterocycles. The van der Waals surface area contributed by atoms with Crippen molar-refractivity contribution >= 4 is 28.3 Å². The molecule has 4 rings (SSSR count). The van der Waals surface area contributed by atoms with E-state index >= 15 is 0 Å². The molecule has 1 atom stereocenters. The maximum Gasteiger partial charge on any atom is 0.246 e. The van der Waals surface area contributed by atoms with Crippen molar-refractivity contribution in [2.45, 2.75) is 12.5 Å². The van der Waals surface area contributed by atoms with Crippen LogP contribution in [0, 0.1) is 18.2 Å².